The maximum absolute atomic E-state index is 12.1. The number of amides is 1. The fourth-order valence-electron chi connectivity index (χ4n) is 2.03. The summed E-state index contributed by atoms with van der Waals surface area (Å²) in [5, 5.41) is 2.78. The van der Waals surface area contributed by atoms with Gasteiger partial charge in [-0.25, -0.2) is 0 Å². The molecule has 7 nitrogen and oxygen atoms in total. The van der Waals surface area contributed by atoms with Crippen molar-refractivity contribution in [1.82, 2.24) is 14.9 Å². The lowest BCUT2D eigenvalue weighted by atomic mass is 10.1. The van der Waals surface area contributed by atoms with Crippen LogP contribution in [0.15, 0.2) is 47.7 Å². The third kappa shape index (κ3) is 4.73. The molecule has 2 rings (SSSR count). The fraction of sp³-hybridized carbons (Fsp3) is 0.312. The summed E-state index contributed by atoms with van der Waals surface area (Å²) >= 11 is 0. The van der Waals surface area contributed by atoms with Gasteiger partial charge in [0.25, 0.3) is 11.5 Å². The van der Waals surface area contributed by atoms with E-state index in [0.29, 0.717) is 30.8 Å². The zero-order chi connectivity index (χ0) is 16.7. The molecule has 1 unspecified atom stereocenters. The number of hydrogen-bond acceptors (Lipinski definition) is 5. The number of benzene rings is 1. The normalized spacial score (nSPS) is 11.9. The highest BCUT2D eigenvalue weighted by Crippen LogP contribution is 2.07. The van der Waals surface area contributed by atoms with Gasteiger partial charge in [0, 0.05) is 49.9 Å². The van der Waals surface area contributed by atoms with E-state index in [0.717, 1.165) is 0 Å². The van der Waals surface area contributed by atoms with Crippen LogP contribution < -0.4 is 16.6 Å². The molecule has 2 aromatic rings. The molecule has 0 saturated heterocycles. The smallest absolute Gasteiger partial charge is 0.273 e. The molecule has 3 N–H and O–H groups in total. The molecule has 0 radical (unpaired) electrons. The van der Waals surface area contributed by atoms with Crippen LogP contribution in [0.3, 0.4) is 0 Å². The number of hydrogen-bond donors (Lipinski definition) is 2. The summed E-state index contributed by atoms with van der Waals surface area (Å²) in [7, 11) is 1.61. The molecule has 1 amide bonds. The van der Waals surface area contributed by atoms with E-state index in [1.165, 1.54) is 17.0 Å². The van der Waals surface area contributed by atoms with Crippen LogP contribution in [-0.4, -0.2) is 41.8 Å². The second kappa shape index (κ2) is 8.21. The number of carbonyl (C=O) groups is 1. The van der Waals surface area contributed by atoms with Gasteiger partial charge in [0.1, 0.15) is 0 Å². The highest BCUT2D eigenvalue weighted by molar-refractivity contribution is 5.94. The molecular formula is C16H20N4O3. The average molecular weight is 316 g/mol. The first-order valence-corrected chi connectivity index (χ1v) is 7.27. The Kier molecular flexibility index (Phi) is 6.02. The van der Waals surface area contributed by atoms with E-state index >= 15 is 0 Å². The molecule has 0 saturated carbocycles. The number of rotatable bonds is 7. The van der Waals surface area contributed by atoms with Crippen LogP contribution >= 0.6 is 0 Å². The molecule has 1 atom stereocenters. The first-order valence-electron chi connectivity index (χ1n) is 7.27. The molecule has 0 aliphatic rings. The topological polar surface area (TPSA) is 99.2 Å². The summed E-state index contributed by atoms with van der Waals surface area (Å²) in [6.07, 6.45) is 5.03. The molecule has 0 bridgehead atoms. The minimum absolute atomic E-state index is 0.145. The fourth-order valence-corrected chi connectivity index (χ4v) is 2.03. The second-order valence-corrected chi connectivity index (χ2v) is 5.08. The minimum Gasteiger partial charge on any atom is -0.385 e. The maximum atomic E-state index is 12.1. The van der Waals surface area contributed by atoms with Crippen LogP contribution in [0.5, 0.6) is 0 Å². The molecule has 0 spiro atoms. The van der Waals surface area contributed by atoms with Crippen molar-refractivity contribution in [2.45, 2.75) is 12.5 Å². The van der Waals surface area contributed by atoms with Crippen LogP contribution in [-0.2, 0) is 4.74 Å². The zero-order valence-corrected chi connectivity index (χ0v) is 12.9. The van der Waals surface area contributed by atoms with Gasteiger partial charge in [0.2, 0.25) is 0 Å². The first kappa shape index (κ1) is 16.9. The summed E-state index contributed by atoms with van der Waals surface area (Å²) in [6, 6.07) is 6.60. The first-order chi connectivity index (χ1) is 11.1. The minimum atomic E-state index is -0.228. The van der Waals surface area contributed by atoms with E-state index in [1.807, 2.05) is 0 Å². The molecule has 1 heterocycles. The van der Waals surface area contributed by atoms with Crippen LogP contribution in [0.25, 0.3) is 5.69 Å². The van der Waals surface area contributed by atoms with E-state index in [1.54, 1.807) is 37.6 Å². The molecule has 122 valence electrons. The van der Waals surface area contributed by atoms with E-state index in [9.17, 15) is 9.59 Å². The standard InChI is InChI=1S/C16H20N4O3/c1-23-9-6-13(17)10-19-16(22)12-2-4-14(5-3-12)20-8-7-18-11-15(20)21/h2-5,7-8,11,13H,6,9-10,17H2,1H3,(H,19,22). The van der Waals surface area contributed by atoms with Gasteiger partial charge in [-0.05, 0) is 30.7 Å². The Labute approximate surface area is 134 Å². The lowest BCUT2D eigenvalue weighted by molar-refractivity contribution is 0.0948. The lowest BCUT2D eigenvalue weighted by Gasteiger charge is -2.12. The van der Waals surface area contributed by atoms with Gasteiger partial charge in [-0.1, -0.05) is 0 Å². The number of nitrogens with one attached hydrogen (secondary N) is 1. The summed E-state index contributed by atoms with van der Waals surface area (Å²) in [5.74, 6) is -0.202. The van der Waals surface area contributed by atoms with E-state index < -0.39 is 0 Å². The van der Waals surface area contributed by atoms with Crippen molar-refractivity contribution in [2.75, 3.05) is 20.3 Å². The van der Waals surface area contributed by atoms with Crippen molar-refractivity contribution < 1.29 is 9.53 Å². The van der Waals surface area contributed by atoms with Crippen molar-refractivity contribution in [1.29, 1.82) is 0 Å². The Balaban J connectivity index is 1.98. The Morgan fingerprint density at radius 3 is 2.78 bits per heavy atom. The zero-order valence-electron chi connectivity index (χ0n) is 12.9. The Morgan fingerprint density at radius 2 is 2.13 bits per heavy atom. The summed E-state index contributed by atoms with van der Waals surface area (Å²) in [5.41, 5.74) is 6.82. The number of methoxy groups -OCH3 is 1. The third-order valence-electron chi connectivity index (χ3n) is 3.35. The van der Waals surface area contributed by atoms with Gasteiger partial charge in [-0.3, -0.25) is 19.1 Å². The van der Waals surface area contributed by atoms with Crippen molar-refractivity contribution in [3.8, 4) is 5.69 Å². The molecule has 0 aliphatic heterocycles. The maximum Gasteiger partial charge on any atom is 0.273 e. The third-order valence-corrected chi connectivity index (χ3v) is 3.35. The molecule has 1 aromatic heterocycles. The molecule has 0 fully saturated rings. The van der Waals surface area contributed by atoms with Crippen molar-refractivity contribution in [3.05, 3.63) is 58.8 Å². The predicted molar refractivity (Wildman–Crippen MR) is 86.6 cm³/mol. The van der Waals surface area contributed by atoms with Crippen LogP contribution in [0.2, 0.25) is 0 Å². The van der Waals surface area contributed by atoms with Crippen LogP contribution in [0, 0.1) is 0 Å². The summed E-state index contributed by atoms with van der Waals surface area (Å²) < 4.78 is 6.40. The van der Waals surface area contributed by atoms with E-state index in [-0.39, 0.29) is 17.5 Å². The number of nitrogens with two attached hydrogens (primary N) is 1. The van der Waals surface area contributed by atoms with Gasteiger partial charge >= 0.3 is 0 Å². The van der Waals surface area contributed by atoms with Crippen molar-refractivity contribution >= 4 is 5.91 Å². The number of nitrogens with zero attached hydrogens (tertiary/aromatic N) is 2. The van der Waals surface area contributed by atoms with Gasteiger partial charge in [0.05, 0.1) is 6.20 Å². The summed E-state index contributed by atoms with van der Waals surface area (Å²) in [4.78, 5) is 27.5. The lowest BCUT2D eigenvalue weighted by Crippen LogP contribution is -2.37. The average Bonchev–Trinajstić information content (AvgIpc) is 2.58. The summed E-state index contributed by atoms with van der Waals surface area (Å²) in [6.45, 7) is 0.945. The highest BCUT2D eigenvalue weighted by atomic mass is 16.5. The largest absolute Gasteiger partial charge is 0.385 e. The van der Waals surface area contributed by atoms with Crippen molar-refractivity contribution in [3.63, 3.8) is 0 Å². The Morgan fingerprint density at radius 1 is 1.39 bits per heavy atom. The van der Waals surface area contributed by atoms with Gasteiger partial charge in [0.15, 0.2) is 0 Å². The second-order valence-electron chi connectivity index (χ2n) is 5.08. The van der Waals surface area contributed by atoms with Crippen LogP contribution in [0.1, 0.15) is 16.8 Å². The molecule has 0 aliphatic carbocycles. The number of ether oxygens (including phenoxy) is 1. The predicted octanol–water partition coefficient (Wildman–Crippen LogP) is 0.326. The SMILES string of the molecule is COCCC(N)CNC(=O)c1ccc(-n2ccncc2=O)cc1. The Bertz CT molecular complexity index is 697. The number of aromatic nitrogens is 2. The quantitative estimate of drug-likeness (QED) is 0.767. The highest BCUT2D eigenvalue weighted by Gasteiger charge is 2.08. The monoisotopic (exact) mass is 316 g/mol. The molecule has 1 aromatic carbocycles. The molecule has 7 heteroatoms. The van der Waals surface area contributed by atoms with Gasteiger partial charge in [-0.15, -0.1) is 0 Å². The van der Waals surface area contributed by atoms with E-state index in [4.69, 9.17) is 10.5 Å². The molecular weight excluding hydrogens is 296 g/mol. The molecule has 23 heavy (non-hydrogen) atoms. The van der Waals surface area contributed by atoms with Crippen LogP contribution in [0.4, 0.5) is 0 Å². The van der Waals surface area contributed by atoms with Gasteiger partial charge in [-0.2, -0.15) is 0 Å². The van der Waals surface area contributed by atoms with Crippen molar-refractivity contribution in [2.24, 2.45) is 5.73 Å². The Hall–Kier alpha value is -2.51. The van der Waals surface area contributed by atoms with Gasteiger partial charge < -0.3 is 15.8 Å². The number of carbonyl (C=O) groups excluding carboxylic acids is 1. The van der Waals surface area contributed by atoms with E-state index in [2.05, 4.69) is 10.3 Å².